The van der Waals surface area contributed by atoms with Gasteiger partial charge in [0.05, 0.1) is 33.2 Å². The molecule has 0 saturated carbocycles. The first-order chi connectivity index (χ1) is 17.4. The van der Waals surface area contributed by atoms with Gasteiger partial charge < -0.3 is 20.2 Å². The lowest BCUT2D eigenvalue weighted by molar-refractivity contribution is -0.137. The highest BCUT2D eigenvalue weighted by molar-refractivity contribution is 7.15. The van der Waals surface area contributed by atoms with Gasteiger partial charge in [-0.2, -0.15) is 23.4 Å². The number of alkyl halides is 3. The summed E-state index contributed by atoms with van der Waals surface area (Å²) in [5.41, 5.74) is 2.12. The minimum absolute atomic E-state index is 0.00898. The normalized spacial score (nSPS) is 18.4. The SMILES string of the molecule is C/C(=N\NC(=O)c1ccc(C(=O)N2CC(O)C(O)C2)s1)c1nn(C)c(-c2ccc(C(F)(F)F)cc2)c1O. The van der Waals surface area contributed by atoms with Gasteiger partial charge in [0, 0.05) is 25.7 Å². The van der Waals surface area contributed by atoms with Gasteiger partial charge in [0.2, 0.25) is 0 Å². The van der Waals surface area contributed by atoms with Crippen molar-refractivity contribution in [1.29, 1.82) is 0 Å². The standard InChI is InChI=1S/C23H22F3N5O5S/c1-11(18-20(34)19(30(2)29-18)12-3-5-13(6-4-12)23(24,25)26)27-28-21(35)16-7-8-17(37-16)22(36)31-9-14(32)15(33)10-31/h3-8,14-15,32-34H,9-10H2,1-2H3,(H,28,35)/b27-11+. The molecule has 0 aliphatic carbocycles. The summed E-state index contributed by atoms with van der Waals surface area (Å²) < 4.78 is 39.8. The molecule has 2 amide bonds. The molecular weight excluding hydrogens is 515 g/mol. The number of hydrazone groups is 1. The fourth-order valence-corrected chi connectivity index (χ4v) is 4.67. The molecule has 0 radical (unpaired) electrons. The topological polar surface area (TPSA) is 140 Å². The van der Waals surface area contributed by atoms with Gasteiger partial charge in [-0.3, -0.25) is 14.3 Å². The van der Waals surface area contributed by atoms with Crippen LogP contribution in [0.15, 0.2) is 41.5 Å². The monoisotopic (exact) mass is 537 g/mol. The van der Waals surface area contributed by atoms with Crippen LogP contribution in [0, 0.1) is 0 Å². The third kappa shape index (κ3) is 5.35. The fourth-order valence-electron chi connectivity index (χ4n) is 3.81. The quantitative estimate of drug-likeness (QED) is 0.291. The number of aromatic hydroxyl groups is 1. The van der Waals surface area contributed by atoms with Crippen molar-refractivity contribution in [3.8, 4) is 17.0 Å². The van der Waals surface area contributed by atoms with Gasteiger partial charge in [0.15, 0.2) is 11.4 Å². The number of nitrogens with one attached hydrogen (secondary N) is 1. The third-order valence-electron chi connectivity index (χ3n) is 5.76. The van der Waals surface area contributed by atoms with Gasteiger partial charge in [-0.1, -0.05) is 12.1 Å². The second kappa shape index (κ2) is 9.95. The highest BCUT2D eigenvalue weighted by atomic mass is 32.1. The summed E-state index contributed by atoms with van der Waals surface area (Å²) in [4.78, 5) is 26.8. The van der Waals surface area contributed by atoms with E-state index in [0.29, 0.717) is 5.56 Å². The molecule has 14 heteroatoms. The van der Waals surface area contributed by atoms with Crippen LogP contribution in [0.4, 0.5) is 13.2 Å². The van der Waals surface area contributed by atoms with Crippen molar-refractivity contribution in [2.75, 3.05) is 13.1 Å². The summed E-state index contributed by atoms with van der Waals surface area (Å²) in [5, 5.41) is 38.1. The first kappa shape index (κ1) is 26.3. The summed E-state index contributed by atoms with van der Waals surface area (Å²) in [5.74, 6) is -1.37. The van der Waals surface area contributed by atoms with E-state index in [1.165, 1.54) is 47.8 Å². The lowest BCUT2D eigenvalue weighted by atomic mass is 10.1. The van der Waals surface area contributed by atoms with E-state index < -0.39 is 35.8 Å². The highest BCUT2D eigenvalue weighted by Gasteiger charge is 2.34. The molecule has 196 valence electrons. The molecule has 0 bridgehead atoms. The second-order valence-electron chi connectivity index (χ2n) is 8.39. The zero-order valence-corrected chi connectivity index (χ0v) is 20.3. The van der Waals surface area contributed by atoms with E-state index in [4.69, 9.17) is 0 Å². The minimum Gasteiger partial charge on any atom is -0.504 e. The zero-order valence-electron chi connectivity index (χ0n) is 19.5. The number of nitrogens with zero attached hydrogens (tertiary/aromatic N) is 4. The lowest BCUT2D eigenvalue weighted by Crippen LogP contribution is -2.29. The first-order valence-corrected chi connectivity index (χ1v) is 11.7. The number of aromatic nitrogens is 2. The van der Waals surface area contributed by atoms with Crippen LogP contribution in [-0.2, 0) is 13.2 Å². The van der Waals surface area contributed by atoms with Crippen molar-refractivity contribution in [3.63, 3.8) is 0 Å². The number of carbonyl (C=O) groups excluding carboxylic acids is 2. The Hall–Kier alpha value is -3.75. The van der Waals surface area contributed by atoms with E-state index in [-0.39, 0.29) is 45.7 Å². The van der Waals surface area contributed by atoms with Crippen LogP contribution in [0.2, 0.25) is 0 Å². The van der Waals surface area contributed by atoms with Crippen molar-refractivity contribution in [3.05, 3.63) is 57.4 Å². The average Bonchev–Trinajstić information content (AvgIpc) is 3.54. The Morgan fingerprint density at radius 2 is 1.68 bits per heavy atom. The molecule has 1 aliphatic rings. The number of aliphatic hydroxyl groups excluding tert-OH is 2. The Morgan fingerprint density at radius 3 is 2.27 bits per heavy atom. The Bertz CT molecular complexity index is 1360. The van der Waals surface area contributed by atoms with E-state index in [0.717, 1.165) is 23.5 Å². The Morgan fingerprint density at radius 1 is 1.08 bits per heavy atom. The van der Waals surface area contributed by atoms with Gasteiger partial charge in [-0.25, -0.2) is 5.43 Å². The van der Waals surface area contributed by atoms with Gasteiger partial charge >= 0.3 is 6.18 Å². The van der Waals surface area contributed by atoms with Crippen molar-refractivity contribution in [1.82, 2.24) is 20.1 Å². The largest absolute Gasteiger partial charge is 0.504 e. The smallest absolute Gasteiger partial charge is 0.416 e. The molecule has 2 atom stereocenters. The van der Waals surface area contributed by atoms with E-state index in [9.17, 15) is 38.1 Å². The molecule has 10 nitrogen and oxygen atoms in total. The van der Waals surface area contributed by atoms with Crippen LogP contribution in [0.1, 0.15) is 37.5 Å². The van der Waals surface area contributed by atoms with Crippen molar-refractivity contribution in [2.24, 2.45) is 12.1 Å². The summed E-state index contributed by atoms with van der Waals surface area (Å²) >= 11 is 0.911. The van der Waals surface area contributed by atoms with Crippen molar-refractivity contribution >= 4 is 28.9 Å². The van der Waals surface area contributed by atoms with Crippen molar-refractivity contribution in [2.45, 2.75) is 25.3 Å². The molecule has 4 rings (SSSR count). The van der Waals surface area contributed by atoms with Gasteiger partial charge in [-0.15, -0.1) is 11.3 Å². The summed E-state index contributed by atoms with van der Waals surface area (Å²) in [6.07, 6.45) is -6.53. The fraction of sp³-hybridized carbons (Fsp3) is 0.304. The van der Waals surface area contributed by atoms with Crippen LogP contribution < -0.4 is 5.43 Å². The number of halogens is 3. The maximum atomic E-state index is 12.8. The number of likely N-dealkylation sites (tertiary alicyclic amines) is 1. The predicted octanol–water partition coefficient (Wildman–Crippen LogP) is 2.20. The number of carbonyl (C=O) groups is 2. The molecule has 3 heterocycles. The van der Waals surface area contributed by atoms with Crippen LogP contribution in [0.5, 0.6) is 5.75 Å². The van der Waals surface area contributed by atoms with E-state index >= 15 is 0 Å². The second-order valence-corrected chi connectivity index (χ2v) is 9.48. The molecule has 0 spiro atoms. The Balaban J connectivity index is 1.47. The Labute approximate surface area is 212 Å². The van der Waals surface area contributed by atoms with Crippen LogP contribution in [0.25, 0.3) is 11.3 Å². The number of rotatable bonds is 5. The number of amides is 2. The molecule has 2 unspecified atom stereocenters. The molecule has 1 saturated heterocycles. The number of thiophene rings is 1. The maximum absolute atomic E-state index is 12.8. The van der Waals surface area contributed by atoms with Crippen LogP contribution in [-0.4, -0.2) is 72.8 Å². The van der Waals surface area contributed by atoms with Crippen LogP contribution >= 0.6 is 11.3 Å². The summed E-state index contributed by atoms with van der Waals surface area (Å²) in [6.45, 7) is 1.46. The van der Waals surface area contributed by atoms with Gasteiger partial charge in [0.25, 0.3) is 11.8 Å². The Kier molecular flexibility index (Phi) is 7.08. The molecular formula is C23H22F3N5O5S. The number of hydrogen-bond donors (Lipinski definition) is 4. The number of aryl methyl sites for hydroxylation is 1. The average molecular weight is 538 g/mol. The molecule has 3 aromatic rings. The van der Waals surface area contributed by atoms with E-state index in [1.54, 1.807) is 0 Å². The third-order valence-corrected chi connectivity index (χ3v) is 6.83. The van der Waals surface area contributed by atoms with Crippen molar-refractivity contribution < 1.29 is 38.1 Å². The molecule has 37 heavy (non-hydrogen) atoms. The summed E-state index contributed by atoms with van der Waals surface area (Å²) in [7, 11) is 1.50. The number of hydrogen-bond acceptors (Lipinski definition) is 8. The first-order valence-electron chi connectivity index (χ1n) is 10.9. The summed E-state index contributed by atoms with van der Waals surface area (Å²) in [6, 6.07) is 7.12. The number of aliphatic hydroxyl groups is 2. The number of β-amino-alcohol motifs (C(OH)–C–C–N with tert-alkyl or cyclic N) is 2. The van der Waals surface area contributed by atoms with E-state index in [1.807, 2.05) is 0 Å². The highest BCUT2D eigenvalue weighted by Crippen LogP contribution is 2.35. The van der Waals surface area contributed by atoms with Crippen LogP contribution in [0.3, 0.4) is 0 Å². The molecule has 2 aromatic heterocycles. The molecule has 1 aromatic carbocycles. The predicted molar refractivity (Wildman–Crippen MR) is 127 cm³/mol. The minimum atomic E-state index is -4.49. The molecule has 1 aliphatic heterocycles. The number of benzene rings is 1. The zero-order chi connectivity index (χ0) is 27.1. The molecule has 1 fully saturated rings. The van der Waals surface area contributed by atoms with E-state index in [2.05, 4.69) is 15.6 Å². The molecule has 4 N–H and O–H groups in total. The van der Waals surface area contributed by atoms with Gasteiger partial charge in [0.1, 0.15) is 5.69 Å². The van der Waals surface area contributed by atoms with Gasteiger partial charge in [-0.05, 0) is 31.2 Å². The lowest BCUT2D eigenvalue weighted by Gasteiger charge is -2.13. The maximum Gasteiger partial charge on any atom is 0.416 e.